The molecule has 2 atom stereocenters. The van der Waals surface area contributed by atoms with E-state index < -0.39 is 11.5 Å². The fraction of sp³-hybridized carbons (Fsp3) is 0.923. The van der Waals surface area contributed by atoms with E-state index in [4.69, 9.17) is 0 Å². The second-order valence-electron chi connectivity index (χ2n) is 5.59. The van der Waals surface area contributed by atoms with Crippen LogP contribution in [0.15, 0.2) is 0 Å². The highest BCUT2D eigenvalue weighted by atomic mass is 16.4. The van der Waals surface area contributed by atoms with Crippen molar-refractivity contribution in [2.45, 2.75) is 50.6 Å². The summed E-state index contributed by atoms with van der Waals surface area (Å²) in [4.78, 5) is 16.3. The van der Waals surface area contributed by atoms with Crippen molar-refractivity contribution in [1.29, 1.82) is 0 Å². The van der Waals surface area contributed by atoms with Gasteiger partial charge in [-0.25, -0.2) is 0 Å². The first-order valence-corrected chi connectivity index (χ1v) is 6.79. The van der Waals surface area contributed by atoms with Gasteiger partial charge in [0, 0.05) is 12.6 Å². The van der Waals surface area contributed by atoms with Gasteiger partial charge in [0.1, 0.15) is 5.54 Å². The van der Waals surface area contributed by atoms with Crippen molar-refractivity contribution in [2.24, 2.45) is 0 Å². The molecule has 2 aliphatic heterocycles. The summed E-state index contributed by atoms with van der Waals surface area (Å²) >= 11 is 0. The fourth-order valence-corrected chi connectivity index (χ4v) is 3.62. The average molecular weight is 240 g/mol. The minimum Gasteiger partial charge on any atom is -0.480 e. The molecule has 17 heavy (non-hydrogen) atoms. The summed E-state index contributed by atoms with van der Waals surface area (Å²) in [6.07, 6.45) is 4.73. The monoisotopic (exact) mass is 240 g/mol. The van der Waals surface area contributed by atoms with Crippen LogP contribution in [-0.2, 0) is 4.79 Å². The Labute approximate surface area is 104 Å². The molecule has 0 aromatic rings. The van der Waals surface area contributed by atoms with Gasteiger partial charge in [0.2, 0.25) is 0 Å². The van der Waals surface area contributed by atoms with E-state index in [1.165, 1.54) is 0 Å². The van der Waals surface area contributed by atoms with Gasteiger partial charge in [-0.1, -0.05) is 13.3 Å². The van der Waals surface area contributed by atoms with E-state index in [9.17, 15) is 9.90 Å². The van der Waals surface area contributed by atoms with Crippen LogP contribution in [0.25, 0.3) is 0 Å². The molecule has 0 spiro atoms. The molecule has 2 heterocycles. The third kappa shape index (κ3) is 2.20. The molecule has 1 N–H and O–H groups in total. The Morgan fingerprint density at radius 1 is 1.47 bits per heavy atom. The van der Waals surface area contributed by atoms with Crippen molar-refractivity contribution in [2.75, 3.05) is 26.7 Å². The van der Waals surface area contributed by atoms with Crippen LogP contribution in [0.4, 0.5) is 0 Å². The van der Waals surface area contributed by atoms with Crippen LogP contribution in [0, 0.1) is 0 Å². The lowest BCUT2D eigenvalue weighted by Crippen LogP contribution is -2.55. The molecule has 4 heteroatoms. The Bertz CT molecular complexity index is 295. The fourth-order valence-electron chi connectivity index (χ4n) is 3.62. The topological polar surface area (TPSA) is 43.8 Å². The number of hydrogen-bond acceptors (Lipinski definition) is 3. The van der Waals surface area contributed by atoms with Crippen molar-refractivity contribution in [3.05, 3.63) is 0 Å². The number of hydrogen-bond donors (Lipinski definition) is 1. The molecule has 2 fully saturated rings. The predicted molar refractivity (Wildman–Crippen MR) is 67.1 cm³/mol. The van der Waals surface area contributed by atoms with Gasteiger partial charge in [-0.05, 0) is 45.8 Å². The maximum atomic E-state index is 11.7. The van der Waals surface area contributed by atoms with Crippen LogP contribution in [0.5, 0.6) is 0 Å². The SMILES string of the molecule is CCCC1(C(=O)O)CCCN1C1CCN(C)C1. The Morgan fingerprint density at radius 3 is 2.76 bits per heavy atom. The molecule has 0 aromatic carbocycles. The van der Waals surface area contributed by atoms with E-state index in [1.54, 1.807) is 0 Å². The molecule has 0 radical (unpaired) electrons. The number of nitrogens with zero attached hydrogens (tertiary/aromatic N) is 2. The molecule has 2 aliphatic rings. The Morgan fingerprint density at radius 2 is 2.24 bits per heavy atom. The van der Waals surface area contributed by atoms with E-state index in [1.807, 2.05) is 0 Å². The summed E-state index contributed by atoms with van der Waals surface area (Å²) in [5.74, 6) is -0.605. The van der Waals surface area contributed by atoms with Gasteiger partial charge >= 0.3 is 5.97 Å². The minimum atomic E-state index is -0.605. The van der Waals surface area contributed by atoms with Gasteiger partial charge in [0.25, 0.3) is 0 Å². The number of likely N-dealkylation sites (N-methyl/N-ethyl adjacent to an activating group) is 1. The Kier molecular flexibility index (Phi) is 3.73. The van der Waals surface area contributed by atoms with Gasteiger partial charge in [0.15, 0.2) is 0 Å². The quantitative estimate of drug-likeness (QED) is 0.807. The number of aliphatic carboxylic acids is 1. The predicted octanol–water partition coefficient (Wildman–Crippen LogP) is 1.41. The lowest BCUT2D eigenvalue weighted by molar-refractivity contribution is -0.151. The van der Waals surface area contributed by atoms with Crippen molar-refractivity contribution < 1.29 is 9.90 Å². The van der Waals surface area contributed by atoms with Crippen LogP contribution in [-0.4, -0.2) is 59.1 Å². The summed E-state index contributed by atoms with van der Waals surface area (Å²) < 4.78 is 0. The van der Waals surface area contributed by atoms with E-state index in [-0.39, 0.29) is 0 Å². The average Bonchev–Trinajstić information content (AvgIpc) is 2.85. The van der Waals surface area contributed by atoms with Gasteiger partial charge in [-0.3, -0.25) is 9.69 Å². The van der Waals surface area contributed by atoms with Crippen molar-refractivity contribution in [3.63, 3.8) is 0 Å². The molecule has 0 saturated carbocycles. The van der Waals surface area contributed by atoms with Crippen LogP contribution >= 0.6 is 0 Å². The highest BCUT2D eigenvalue weighted by molar-refractivity contribution is 5.79. The van der Waals surface area contributed by atoms with Crippen LogP contribution in [0.1, 0.15) is 39.0 Å². The third-order valence-corrected chi connectivity index (χ3v) is 4.41. The Balaban J connectivity index is 2.16. The van der Waals surface area contributed by atoms with Crippen LogP contribution in [0.3, 0.4) is 0 Å². The van der Waals surface area contributed by atoms with Crippen molar-refractivity contribution >= 4 is 5.97 Å². The lowest BCUT2D eigenvalue weighted by Gasteiger charge is -2.38. The third-order valence-electron chi connectivity index (χ3n) is 4.41. The zero-order valence-corrected chi connectivity index (χ0v) is 11.0. The Hall–Kier alpha value is -0.610. The van der Waals surface area contributed by atoms with Crippen LogP contribution < -0.4 is 0 Å². The molecule has 98 valence electrons. The van der Waals surface area contributed by atoms with E-state index >= 15 is 0 Å². The number of likely N-dealkylation sites (tertiary alicyclic amines) is 2. The first-order chi connectivity index (χ1) is 8.10. The molecular weight excluding hydrogens is 216 g/mol. The maximum absolute atomic E-state index is 11.7. The number of carbonyl (C=O) groups is 1. The highest BCUT2D eigenvalue weighted by Crippen LogP contribution is 2.37. The summed E-state index contributed by atoms with van der Waals surface area (Å²) in [7, 11) is 2.12. The first-order valence-electron chi connectivity index (χ1n) is 6.79. The first kappa shape index (κ1) is 12.8. The zero-order chi connectivity index (χ0) is 12.5. The molecule has 0 bridgehead atoms. The normalized spacial score (nSPS) is 35.5. The molecule has 2 unspecified atom stereocenters. The molecule has 0 amide bonds. The lowest BCUT2D eigenvalue weighted by atomic mass is 9.89. The zero-order valence-electron chi connectivity index (χ0n) is 11.0. The van der Waals surface area contributed by atoms with E-state index in [0.717, 1.165) is 51.7 Å². The summed E-state index contributed by atoms with van der Waals surface area (Å²) in [5.41, 5.74) is -0.565. The molecule has 2 saturated heterocycles. The summed E-state index contributed by atoms with van der Waals surface area (Å²) in [6, 6.07) is 0.449. The molecule has 4 nitrogen and oxygen atoms in total. The van der Waals surface area contributed by atoms with E-state index in [0.29, 0.717) is 6.04 Å². The van der Waals surface area contributed by atoms with Gasteiger partial charge in [-0.15, -0.1) is 0 Å². The largest absolute Gasteiger partial charge is 0.480 e. The molecule has 0 aliphatic carbocycles. The molecular formula is C13H24N2O2. The summed E-state index contributed by atoms with van der Waals surface area (Å²) in [6.45, 7) is 5.18. The second kappa shape index (κ2) is 4.94. The summed E-state index contributed by atoms with van der Waals surface area (Å²) in [5, 5.41) is 9.64. The van der Waals surface area contributed by atoms with Gasteiger partial charge < -0.3 is 10.0 Å². The van der Waals surface area contributed by atoms with E-state index in [2.05, 4.69) is 23.8 Å². The smallest absolute Gasteiger partial charge is 0.324 e. The highest BCUT2D eigenvalue weighted by Gasteiger charge is 2.50. The number of rotatable bonds is 4. The van der Waals surface area contributed by atoms with Gasteiger partial charge in [0.05, 0.1) is 0 Å². The van der Waals surface area contributed by atoms with Crippen molar-refractivity contribution in [3.8, 4) is 0 Å². The second-order valence-corrected chi connectivity index (χ2v) is 5.59. The maximum Gasteiger partial charge on any atom is 0.324 e. The number of carboxylic acids is 1. The molecule has 2 rings (SSSR count). The van der Waals surface area contributed by atoms with Crippen molar-refractivity contribution in [1.82, 2.24) is 9.80 Å². The van der Waals surface area contributed by atoms with Gasteiger partial charge in [-0.2, -0.15) is 0 Å². The standard InChI is InChI=1S/C13H24N2O2/c1-3-6-13(12(16)17)7-4-8-15(13)11-5-9-14(2)10-11/h11H,3-10H2,1-2H3,(H,16,17). The van der Waals surface area contributed by atoms with Crippen LogP contribution in [0.2, 0.25) is 0 Å². The minimum absolute atomic E-state index is 0.449. The molecule has 0 aromatic heterocycles. The number of carboxylic acid groups (broad SMARTS) is 1.